The largest absolute Gasteiger partial charge is 0.416 e. The lowest BCUT2D eigenvalue weighted by Crippen LogP contribution is -2.34. The van der Waals surface area contributed by atoms with Crippen LogP contribution in [-0.2, 0) is 6.18 Å². The average Bonchev–Trinajstić information content (AvgIpc) is 2.27. The van der Waals surface area contributed by atoms with Crippen molar-refractivity contribution in [1.82, 2.24) is 5.32 Å². The summed E-state index contributed by atoms with van der Waals surface area (Å²) >= 11 is 0. The fraction of sp³-hybridized carbons (Fsp3) is 0.500. The van der Waals surface area contributed by atoms with Gasteiger partial charge in [-0.15, -0.1) is 0 Å². The molecule has 1 aromatic carbocycles. The maximum atomic E-state index is 12.3. The van der Waals surface area contributed by atoms with Crippen LogP contribution in [0.2, 0.25) is 0 Å². The zero-order valence-corrected chi connectivity index (χ0v) is 9.93. The minimum atomic E-state index is -4.38. The molecule has 0 heterocycles. The van der Waals surface area contributed by atoms with Crippen LogP contribution in [0.1, 0.15) is 31.0 Å². The van der Waals surface area contributed by atoms with Crippen LogP contribution in [0.25, 0.3) is 0 Å². The van der Waals surface area contributed by atoms with Gasteiger partial charge in [0.25, 0.3) is 6.43 Å². The van der Waals surface area contributed by atoms with Gasteiger partial charge >= 0.3 is 6.18 Å². The topological polar surface area (TPSA) is 12.0 Å². The molecular weight excluding hydrogens is 253 g/mol. The first-order chi connectivity index (χ1) is 8.21. The lowest BCUT2D eigenvalue weighted by molar-refractivity contribution is -0.137. The van der Waals surface area contributed by atoms with E-state index in [1.807, 2.05) is 0 Å². The highest BCUT2D eigenvalue weighted by atomic mass is 19.4. The van der Waals surface area contributed by atoms with Crippen molar-refractivity contribution >= 4 is 0 Å². The van der Waals surface area contributed by atoms with Gasteiger partial charge in [-0.2, -0.15) is 13.2 Å². The maximum Gasteiger partial charge on any atom is 0.416 e. The zero-order chi connectivity index (χ0) is 13.9. The molecule has 0 radical (unpaired) electrons. The van der Waals surface area contributed by atoms with Gasteiger partial charge in [-0.3, -0.25) is 0 Å². The fourth-order valence-corrected chi connectivity index (χ4v) is 1.52. The van der Waals surface area contributed by atoms with Crippen molar-refractivity contribution in [3.05, 3.63) is 35.4 Å². The average molecular weight is 267 g/mol. The molecule has 102 valence electrons. The molecule has 0 saturated heterocycles. The molecule has 0 aliphatic heterocycles. The molecule has 0 aliphatic carbocycles. The molecule has 0 spiro atoms. The lowest BCUT2D eigenvalue weighted by Gasteiger charge is -2.20. The van der Waals surface area contributed by atoms with Gasteiger partial charge in [-0.25, -0.2) is 8.78 Å². The summed E-state index contributed by atoms with van der Waals surface area (Å²) in [6.45, 7) is 2.95. The monoisotopic (exact) mass is 267 g/mol. The molecule has 1 nitrogen and oxygen atoms in total. The predicted octanol–water partition coefficient (Wildman–Crippen LogP) is 4.01. The lowest BCUT2D eigenvalue weighted by atomic mass is 10.1. The van der Waals surface area contributed by atoms with Gasteiger partial charge < -0.3 is 5.32 Å². The Morgan fingerprint density at radius 1 is 1.00 bits per heavy atom. The van der Waals surface area contributed by atoms with E-state index in [9.17, 15) is 22.0 Å². The molecule has 0 aliphatic rings. The van der Waals surface area contributed by atoms with Crippen molar-refractivity contribution in [2.24, 2.45) is 0 Å². The van der Waals surface area contributed by atoms with Gasteiger partial charge in [0.05, 0.1) is 11.6 Å². The summed E-state index contributed by atoms with van der Waals surface area (Å²) in [5.41, 5.74) is -0.212. The van der Waals surface area contributed by atoms with Crippen LogP contribution in [0, 0.1) is 0 Å². The molecule has 0 aromatic heterocycles. The summed E-state index contributed by atoms with van der Waals surface area (Å²) in [6.07, 6.45) is -6.90. The maximum absolute atomic E-state index is 12.3. The Bertz CT molecular complexity index is 371. The van der Waals surface area contributed by atoms with Crippen LogP contribution in [0.3, 0.4) is 0 Å². The number of rotatable bonds is 4. The first-order valence-electron chi connectivity index (χ1n) is 5.43. The Balaban J connectivity index is 2.73. The molecule has 1 N–H and O–H groups in total. The van der Waals surface area contributed by atoms with Gasteiger partial charge in [-0.1, -0.05) is 12.1 Å². The summed E-state index contributed by atoms with van der Waals surface area (Å²) < 4.78 is 61.6. The smallest absolute Gasteiger partial charge is 0.302 e. The van der Waals surface area contributed by atoms with E-state index in [2.05, 4.69) is 5.32 Å². The van der Waals surface area contributed by atoms with E-state index in [0.29, 0.717) is 5.56 Å². The molecular formula is C12H14F5N. The quantitative estimate of drug-likeness (QED) is 0.813. The van der Waals surface area contributed by atoms with Crippen LogP contribution < -0.4 is 5.32 Å². The van der Waals surface area contributed by atoms with Crippen molar-refractivity contribution in [3.8, 4) is 0 Å². The minimum Gasteiger partial charge on any atom is -0.302 e. The molecule has 0 saturated carbocycles. The molecule has 1 rings (SSSR count). The van der Waals surface area contributed by atoms with Crippen LogP contribution in [0.5, 0.6) is 0 Å². The van der Waals surface area contributed by atoms with Crippen molar-refractivity contribution < 1.29 is 22.0 Å². The predicted molar refractivity (Wildman–Crippen MR) is 58.5 cm³/mol. The van der Waals surface area contributed by atoms with E-state index < -0.39 is 30.2 Å². The Morgan fingerprint density at radius 2 is 1.50 bits per heavy atom. The van der Waals surface area contributed by atoms with E-state index in [1.165, 1.54) is 19.1 Å². The SMILES string of the molecule is CC(NC(C)C(F)F)c1ccc(C(F)(F)F)cc1. The summed E-state index contributed by atoms with van der Waals surface area (Å²) in [7, 11) is 0. The fourth-order valence-electron chi connectivity index (χ4n) is 1.52. The van der Waals surface area contributed by atoms with Gasteiger partial charge in [0.15, 0.2) is 0 Å². The van der Waals surface area contributed by atoms with Crippen LogP contribution in [0.4, 0.5) is 22.0 Å². The minimum absolute atomic E-state index is 0.434. The second-order valence-corrected chi connectivity index (χ2v) is 4.13. The van der Waals surface area contributed by atoms with E-state index in [1.54, 1.807) is 6.92 Å². The standard InChI is InChI=1S/C12H14F5N/c1-7(18-8(2)11(13)14)9-3-5-10(6-4-9)12(15,16)17/h3-8,11,18H,1-2H3. The first kappa shape index (κ1) is 14.9. The molecule has 18 heavy (non-hydrogen) atoms. The first-order valence-corrected chi connectivity index (χ1v) is 5.43. The Labute approximate surface area is 102 Å². The normalized spacial score (nSPS) is 15.8. The van der Waals surface area contributed by atoms with E-state index in [-0.39, 0.29) is 0 Å². The third-order valence-electron chi connectivity index (χ3n) is 2.63. The third-order valence-corrected chi connectivity index (χ3v) is 2.63. The molecule has 2 atom stereocenters. The third kappa shape index (κ3) is 3.94. The molecule has 0 amide bonds. The molecule has 0 fully saturated rings. The van der Waals surface area contributed by atoms with E-state index in [4.69, 9.17) is 0 Å². The molecule has 0 bridgehead atoms. The van der Waals surface area contributed by atoms with E-state index >= 15 is 0 Å². The summed E-state index contributed by atoms with van der Waals surface area (Å²) in [4.78, 5) is 0. The zero-order valence-electron chi connectivity index (χ0n) is 9.93. The number of halogens is 5. The highest BCUT2D eigenvalue weighted by Gasteiger charge is 2.30. The van der Waals surface area contributed by atoms with Gasteiger partial charge in [0, 0.05) is 6.04 Å². The summed E-state index contributed by atoms with van der Waals surface area (Å²) in [5.74, 6) is 0. The number of hydrogen-bond acceptors (Lipinski definition) is 1. The molecule has 2 unspecified atom stereocenters. The van der Waals surface area contributed by atoms with Gasteiger partial charge in [-0.05, 0) is 31.5 Å². The number of hydrogen-bond donors (Lipinski definition) is 1. The second-order valence-electron chi connectivity index (χ2n) is 4.13. The number of nitrogens with one attached hydrogen (secondary N) is 1. The van der Waals surface area contributed by atoms with Crippen molar-refractivity contribution in [3.63, 3.8) is 0 Å². The molecule has 6 heteroatoms. The van der Waals surface area contributed by atoms with Crippen LogP contribution in [0.15, 0.2) is 24.3 Å². The van der Waals surface area contributed by atoms with Gasteiger partial charge in [0.2, 0.25) is 0 Å². The van der Waals surface area contributed by atoms with Crippen molar-refractivity contribution in [2.45, 2.75) is 38.5 Å². The van der Waals surface area contributed by atoms with Crippen molar-refractivity contribution in [2.75, 3.05) is 0 Å². The highest BCUT2D eigenvalue weighted by molar-refractivity contribution is 5.26. The second kappa shape index (κ2) is 5.65. The number of benzene rings is 1. The number of alkyl halides is 5. The Hall–Kier alpha value is -1.17. The molecule has 1 aromatic rings. The summed E-state index contributed by atoms with van der Waals surface area (Å²) in [6, 6.07) is 3.02. The van der Waals surface area contributed by atoms with Crippen molar-refractivity contribution in [1.29, 1.82) is 0 Å². The van der Waals surface area contributed by atoms with E-state index in [0.717, 1.165) is 12.1 Å². The Kier molecular flexibility index (Phi) is 4.67. The highest BCUT2D eigenvalue weighted by Crippen LogP contribution is 2.29. The van der Waals surface area contributed by atoms with Gasteiger partial charge in [0.1, 0.15) is 0 Å². The Morgan fingerprint density at radius 3 is 1.89 bits per heavy atom. The van der Waals surface area contributed by atoms with Crippen LogP contribution >= 0.6 is 0 Å². The van der Waals surface area contributed by atoms with Crippen LogP contribution in [-0.4, -0.2) is 12.5 Å². The summed E-state index contributed by atoms with van der Waals surface area (Å²) in [5, 5.41) is 2.62.